The Kier molecular flexibility index (Phi) is 8.24. The van der Waals surface area contributed by atoms with Crippen LogP contribution in [0.25, 0.3) is 0 Å². The number of rotatable bonds is 6. The van der Waals surface area contributed by atoms with E-state index in [1.165, 1.54) is 25.7 Å². The van der Waals surface area contributed by atoms with Gasteiger partial charge >= 0.3 is 0 Å². The van der Waals surface area contributed by atoms with E-state index >= 15 is 0 Å². The number of nitro benzene ring substituents is 1. The molecule has 6 rings (SSSR count). The lowest BCUT2D eigenvalue weighted by Gasteiger charge is -2.49. The summed E-state index contributed by atoms with van der Waals surface area (Å²) < 4.78 is 0. The van der Waals surface area contributed by atoms with Crippen molar-refractivity contribution in [1.29, 1.82) is 0 Å². The standard InChI is InChI=1S/C30H38N8O5/c39-26-6-5-25(28(40)34-26)33-29(41)27-31-19-24(20-32-27)35-13-11-30(12-14-35)9-7-22(8-10-30)37-17-15-36(16-18-37)21-1-3-23(4-2-21)38(42)43/h1-4,19-20,22,25H,5-18H2,(H,33,41)(H,34,39,40). The number of hydrogen-bond donors (Lipinski definition) is 2. The van der Waals surface area contributed by atoms with Crippen LogP contribution in [0, 0.1) is 15.5 Å². The van der Waals surface area contributed by atoms with Crippen LogP contribution >= 0.6 is 0 Å². The first-order valence-corrected chi connectivity index (χ1v) is 15.2. The summed E-state index contributed by atoms with van der Waals surface area (Å²) in [5.41, 5.74) is 2.46. The van der Waals surface area contributed by atoms with Crippen molar-refractivity contribution in [2.45, 2.75) is 63.5 Å². The fourth-order valence-electron chi connectivity index (χ4n) is 7.11. The smallest absolute Gasteiger partial charge is 0.289 e. The van der Waals surface area contributed by atoms with E-state index in [0.717, 1.165) is 63.5 Å². The molecule has 43 heavy (non-hydrogen) atoms. The van der Waals surface area contributed by atoms with Gasteiger partial charge < -0.3 is 15.1 Å². The molecule has 3 aliphatic heterocycles. The number of piperazine rings is 1. The molecule has 13 heteroatoms. The molecule has 228 valence electrons. The van der Waals surface area contributed by atoms with E-state index in [2.05, 4.69) is 35.3 Å². The van der Waals surface area contributed by atoms with E-state index in [-0.39, 0.29) is 35.2 Å². The van der Waals surface area contributed by atoms with E-state index in [9.17, 15) is 24.5 Å². The van der Waals surface area contributed by atoms with Crippen molar-refractivity contribution >= 4 is 34.8 Å². The molecule has 13 nitrogen and oxygen atoms in total. The third-order valence-corrected chi connectivity index (χ3v) is 9.85. The summed E-state index contributed by atoms with van der Waals surface area (Å²) >= 11 is 0. The van der Waals surface area contributed by atoms with Gasteiger partial charge in [-0.15, -0.1) is 0 Å². The highest BCUT2D eigenvalue weighted by atomic mass is 16.6. The summed E-state index contributed by atoms with van der Waals surface area (Å²) in [5, 5.41) is 15.8. The minimum absolute atomic E-state index is 0.00817. The summed E-state index contributed by atoms with van der Waals surface area (Å²) in [4.78, 5) is 62.2. The van der Waals surface area contributed by atoms with Crippen LogP contribution in [0.15, 0.2) is 36.7 Å². The van der Waals surface area contributed by atoms with Crippen LogP contribution in [-0.2, 0) is 9.59 Å². The molecular weight excluding hydrogens is 552 g/mol. The highest BCUT2D eigenvalue weighted by molar-refractivity contribution is 6.03. The molecule has 3 saturated heterocycles. The van der Waals surface area contributed by atoms with Gasteiger partial charge in [0.25, 0.3) is 11.6 Å². The number of carbonyl (C=O) groups excluding carboxylic acids is 3. The molecule has 1 spiro atoms. The molecule has 3 amide bonds. The van der Waals surface area contributed by atoms with Crippen molar-refractivity contribution in [3.63, 3.8) is 0 Å². The van der Waals surface area contributed by atoms with Crippen LogP contribution in [0.4, 0.5) is 17.1 Å². The highest BCUT2D eigenvalue weighted by Gasteiger charge is 2.40. The first-order valence-electron chi connectivity index (χ1n) is 15.2. The second-order valence-electron chi connectivity index (χ2n) is 12.3. The molecule has 0 bridgehead atoms. The Morgan fingerprint density at radius 2 is 1.51 bits per heavy atom. The third-order valence-electron chi connectivity index (χ3n) is 9.85. The topological polar surface area (TPSA) is 154 Å². The summed E-state index contributed by atoms with van der Waals surface area (Å²) in [6.45, 7) is 5.78. The van der Waals surface area contributed by atoms with Gasteiger partial charge in [-0.05, 0) is 62.5 Å². The highest BCUT2D eigenvalue weighted by Crippen LogP contribution is 2.46. The van der Waals surface area contributed by atoms with Gasteiger partial charge in [0.2, 0.25) is 17.6 Å². The second-order valence-corrected chi connectivity index (χ2v) is 12.3. The van der Waals surface area contributed by atoms with Gasteiger partial charge in [0.15, 0.2) is 0 Å². The largest absolute Gasteiger partial charge is 0.369 e. The molecule has 4 fully saturated rings. The summed E-state index contributed by atoms with van der Waals surface area (Å²) in [6.07, 6.45) is 11.0. The molecule has 0 radical (unpaired) electrons. The number of imide groups is 1. The number of aromatic nitrogens is 2. The third kappa shape index (κ3) is 6.46. The van der Waals surface area contributed by atoms with E-state index in [1.54, 1.807) is 24.5 Å². The van der Waals surface area contributed by atoms with Crippen molar-refractivity contribution < 1.29 is 19.3 Å². The Morgan fingerprint density at radius 1 is 0.884 bits per heavy atom. The average molecular weight is 591 g/mol. The van der Waals surface area contributed by atoms with Crippen LogP contribution in [-0.4, -0.2) is 88.9 Å². The molecule has 1 aromatic heterocycles. The SMILES string of the molecule is O=C1CCC(NC(=O)c2ncc(N3CCC4(CCC(N5CCN(c6ccc([N+](=O)[O-])cc6)CC5)CC4)CC3)cn2)C(=O)N1. The van der Waals surface area contributed by atoms with E-state index in [0.29, 0.717) is 11.5 Å². The number of hydrogen-bond acceptors (Lipinski definition) is 10. The summed E-state index contributed by atoms with van der Waals surface area (Å²) in [7, 11) is 0. The van der Waals surface area contributed by atoms with Gasteiger partial charge in [0, 0.05) is 69.6 Å². The molecule has 4 heterocycles. The quantitative estimate of drug-likeness (QED) is 0.291. The lowest BCUT2D eigenvalue weighted by Crippen LogP contribution is -2.52. The van der Waals surface area contributed by atoms with Crippen LogP contribution in [0.5, 0.6) is 0 Å². The van der Waals surface area contributed by atoms with Crippen molar-refractivity contribution in [3.05, 3.63) is 52.6 Å². The predicted octanol–water partition coefficient (Wildman–Crippen LogP) is 2.27. The molecule has 1 atom stereocenters. The summed E-state index contributed by atoms with van der Waals surface area (Å²) in [5.74, 6) is -1.35. The van der Waals surface area contributed by atoms with Crippen LogP contribution in [0.3, 0.4) is 0 Å². The first-order chi connectivity index (χ1) is 20.8. The monoisotopic (exact) mass is 590 g/mol. The Balaban J connectivity index is 0.941. The zero-order valence-electron chi connectivity index (χ0n) is 24.2. The van der Waals surface area contributed by atoms with Crippen molar-refractivity contribution in [1.82, 2.24) is 25.5 Å². The minimum Gasteiger partial charge on any atom is -0.369 e. The van der Waals surface area contributed by atoms with Crippen molar-refractivity contribution in [3.8, 4) is 0 Å². The fraction of sp³-hybridized carbons (Fsp3) is 0.567. The fourth-order valence-corrected chi connectivity index (χ4v) is 7.11. The van der Waals surface area contributed by atoms with Gasteiger partial charge in [-0.1, -0.05) is 0 Å². The number of nitro groups is 1. The number of benzene rings is 1. The maximum atomic E-state index is 12.5. The summed E-state index contributed by atoms with van der Waals surface area (Å²) in [6, 6.07) is 6.74. The molecule has 2 N–H and O–H groups in total. The molecule has 4 aliphatic rings. The maximum absolute atomic E-state index is 12.5. The van der Waals surface area contributed by atoms with Crippen LogP contribution in [0.2, 0.25) is 0 Å². The van der Waals surface area contributed by atoms with E-state index in [1.807, 2.05) is 12.1 Å². The zero-order valence-corrected chi connectivity index (χ0v) is 24.2. The molecular formula is C30H38N8O5. The number of piperidine rings is 2. The number of carbonyl (C=O) groups is 3. The second kappa shape index (κ2) is 12.2. The van der Waals surface area contributed by atoms with Gasteiger partial charge in [0.05, 0.1) is 23.0 Å². The van der Waals surface area contributed by atoms with Gasteiger partial charge in [-0.2, -0.15) is 0 Å². The number of nitrogens with zero attached hydrogens (tertiary/aromatic N) is 6. The molecule has 2 aromatic rings. The number of anilines is 2. The van der Waals surface area contributed by atoms with Gasteiger partial charge in [-0.25, -0.2) is 9.97 Å². The zero-order chi connectivity index (χ0) is 30.0. The lowest BCUT2D eigenvalue weighted by atomic mass is 9.66. The number of non-ortho nitro benzene ring substituents is 1. The number of nitrogens with one attached hydrogen (secondary N) is 2. The minimum atomic E-state index is -0.756. The first kappa shape index (κ1) is 29.0. The lowest BCUT2D eigenvalue weighted by molar-refractivity contribution is -0.384. The van der Waals surface area contributed by atoms with Crippen LogP contribution in [0.1, 0.15) is 62.0 Å². The molecule has 1 aliphatic carbocycles. The molecule has 1 saturated carbocycles. The van der Waals surface area contributed by atoms with Gasteiger partial charge in [0.1, 0.15) is 6.04 Å². The Bertz CT molecular complexity index is 1340. The Morgan fingerprint density at radius 3 is 2.12 bits per heavy atom. The average Bonchev–Trinajstić information content (AvgIpc) is 3.03. The van der Waals surface area contributed by atoms with E-state index in [4.69, 9.17) is 0 Å². The van der Waals surface area contributed by atoms with Crippen molar-refractivity contribution in [2.75, 3.05) is 49.1 Å². The Hall–Kier alpha value is -4.13. The maximum Gasteiger partial charge on any atom is 0.289 e. The van der Waals surface area contributed by atoms with E-state index < -0.39 is 17.9 Å². The van der Waals surface area contributed by atoms with Gasteiger partial charge in [-0.3, -0.25) is 34.7 Å². The molecule has 1 aromatic carbocycles. The van der Waals surface area contributed by atoms with Crippen molar-refractivity contribution in [2.24, 2.45) is 5.41 Å². The predicted molar refractivity (Wildman–Crippen MR) is 159 cm³/mol. The number of amides is 3. The van der Waals surface area contributed by atoms with Crippen LogP contribution < -0.4 is 20.4 Å². The molecule has 1 unspecified atom stereocenters. The normalized spacial score (nSPS) is 23.2. The Labute approximate surface area is 250 Å².